The van der Waals surface area contributed by atoms with Crippen LogP contribution in [0.2, 0.25) is 0 Å². The van der Waals surface area contributed by atoms with E-state index in [2.05, 4.69) is 6.92 Å². The van der Waals surface area contributed by atoms with Crippen molar-refractivity contribution >= 4 is 11.6 Å². The third-order valence-corrected chi connectivity index (χ3v) is 6.79. The molecular formula is C18H22O3. The van der Waals surface area contributed by atoms with Crippen molar-refractivity contribution in [3.63, 3.8) is 0 Å². The van der Waals surface area contributed by atoms with Crippen LogP contribution in [-0.4, -0.2) is 22.3 Å². The van der Waals surface area contributed by atoms with Gasteiger partial charge in [0.2, 0.25) is 0 Å². The average molecular weight is 286 g/mol. The molecule has 3 fully saturated rings. The first-order valence-corrected chi connectivity index (χ1v) is 8.15. The molecule has 4 rings (SSSR count). The summed E-state index contributed by atoms with van der Waals surface area (Å²) in [6, 6.07) is 0. The van der Waals surface area contributed by atoms with Crippen molar-refractivity contribution in [2.24, 2.45) is 23.2 Å². The van der Waals surface area contributed by atoms with Gasteiger partial charge in [0.05, 0.1) is 0 Å². The molecule has 4 aliphatic rings. The summed E-state index contributed by atoms with van der Waals surface area (Å²) in [7, 11) is 0. The minimum atomic E-state index is -0.941. The van der Waals surface area contributed by atoms with Crippen molar-refractivity contribution in [2.75, 3.05) is 0 Å². The normalized spacial score (nSPS) is 48.5. The van der Waals surface area contributed by atoms with Crippen molar-refractivity contribution in [2.45, 2.75) is 51.0 Å². The van der Waals surface area contributed by atoms with Crippen LogP contribution in [0.1, 0.15) is 45.4 Å². The Morgan fingerprint density at radius 1 is 1.14 bits per heavy atom. The zero-order valence-corrected chi connectivity index (χ0v) is 12.5. The summed E-state index contributed by atoms with van der Waals surface area (Å²) in [6.07, 6.45) is 10.1. The molecular weight excluding hydrogens is 264 g/mol. The molecule has 3 heteroatoms. The molecule has 112 valence electrons. The van der Waals surface area contributed by atoms with E-state index >= 15 is 0 Å². The summed E-state index contributed by atoms with van der Waals surface area (Å²) in [5.41, 5.74) is -0.208. The number of fused-ring (bicyclic) bond motifs is 5. The van der Waals surface area contributed by atoms with Crippen LogP contribution in [0.3, 0.4) is 0 Å². The Bertz CT molecular complexity index is 587. The maximum Gasteiger partial charge on any atom is 0.178 e. The maximum atomic E-state index is 12.3. The lowest BCUT2D eigenvalue weighted by Crippen LogP contribution is -2.54. The number of rotatable bonds is 0. The Balaban J connectivity index is 1.72. The average Bonchev–Trinajstić information content (AvgIpc) is 2.76. The molecule has 0 heterocycles. The molecule has 21 heavy (non-hydrogen) atoms. The van der Waals surface area contributed by atoms with Crippen molar-refractivity contribution in [1.29, 1.82) is 0 Å². The molecule has 0 unspecified atom stereocenters. The van der Waals surface area contributed by atoms with E-state index < -0.39 is 5.60 Å². The molecule has 3 saturated carbocycles. The van der Waals surface area contributed by atoms with E-state index in [1.54, 1.807) is 12.2 Å². The molecule has 0 amide bonds. The van der Waals surface area contributed by atoms with E-state index in [0.29, 0.717) is 24.0 Å². The molecule has 1 N–H and O–H groups in total. The monoisotopic (exact) mass is 286 g/mol. The van der Waals surface area contributed by atoms with Crippen LogP contribution < -0.4 is 0 Å². The topological polar surface area (TPSA) is 54.4 Å². The van der Waals surface area contributed by atoms with Crippen LogP contribution >= 0.6 is 0 Å². The summed E-state index contributed by atoms with van der Waals surface area (Å²) in [4.78, 5) is 23.9. The van der Waals surface area contributed by atoms with Crippen molar-refractivity contribution in [3.8, 4) is 0 Å². The first kappa shape index (κ1) is 13.4. The predicted octanol–water partition coefficient (Wildman–Crippen LogP) is 2.59. The highest BCUT2D eigenvalue weighted by atomic mass is 16.3. The summed E-state index contributed by atoms with van der Waals surface area (Å²) >= 11 is 0. The zero-order chi connectivity index (χ0) is 14.8. The second kappa shape index (κ2) is 4.16. The van der Waals surface area contributed by atoms with Crippen molar-refractivity contribution < 1.29 is 14.7 Å². The first-order valence-electron chi connectivity index (χ1n) is 8.15. The number of ketones is 2. The number of carbonyl (C=O) groups is 2. The van der Waals surface area contributed by atoms with E-state index in [1.807, 2.05) is 0 Å². The van der Waals surface area contributed by atoms with Crippen molar-refractivity contribution in [1.82, 2.24) is 0 Å². The number of hydrogen-bond acceptors (Lipinski definition) is 3. The van der Waals surface area contributed by atoms with Gasteiger partial charge in [0.15, 0.2) is 5.78 Å². The molecule has 0 aromatic carbocycles. The largest absolute Gasteiger partial charge is 0.381 e. The Labute approximate surface area is 125 Å². The molecule has 0 aliphatic heterocycles. The second-order valence-corrected chi connectivity index (χ2v) is 7.56. The first-order chi connectivity index (χ1) is 9.95. The van der Waals surface area contributed by atoms with Gasteiger partial charge in [-0.05, 0) is 73.7 Å². The smallest absolute Gasteiger partial charge is 0.178 e. The van der Waals surface area contributed by atoms with Crippen LogP contribution in [0, 0.1) is 23.2 Å². The predicted molar refractivity (Wildman–Crippen MR) is 78.5 cm³/mol. The van der Waals surface area contributed by atoms with Crippen LogP contribution in [-0.2, 0) is 9.59 Å². The van der Waals surface area contributed by atoms with E-state index in [-0.39, 0.29) is 17.1 Å². The van der Waals surface area contributed by atoms with Gasteiger partial charge in [-0.25, -0.2) is 0 Å². The number of aliphatic hydroxyl groups is 1. The van der Waals surface area contributed by atoms with Gasteiger partial charge >= 0.3 is 0 Å². The lowest BCUT2D eigenvalue weighted by molar-refractivity contribution is -0.134. The third kappa shape index (κ3) is 1.64. The van der Waals surface area contributed by atoms with Crippen molar-refractivity contribution in [3.05, 3.63) is 23.8 Å². The number of hydrogen-bond donors (Lipinski definition) is 1. The molecule has 3 nitrogen and oxygen atoms in total. The van der Waals surface area contributed by atoms with E-state index in [0.717, 1.165) is 37.7 Å². The number of Topliss-reactive ketones (excluding diaryl/α,β-unsaturated/α-hetero) is 1. The molecule has 0 aromatic heterocycles. The molecule has 5 atom stereocenters. The summed E-state index contributed by atoms with van der Waals surface area (Å²) < 4.78 is 0. The lowest BCUT2D eigenvalue weighted by atomic mass is 9.51. The standard InChI is InChI=1S/C18H22O3/c1-17-8-7-15-13(14(17)4-5-16(17)20)3-2-11-10-12(19)6-9-18(11,15)21/h6,9-10,13-15,21H,2-5,7-8H2,1H3/t13-,14+,15+,17-,18+/m0/s1. The van der Waals surface area contributed by atoms with Gasteiger partial charge in [0.25, 0.3) is 0 Å². The van der Waals surface area contributed by atoms with Gasteiger partial charge in [-0.15, -0.1) is 0 Å². The van der Waals surface area contributed by atoms with E-state index in [4.69, 9.17) is 0 Å². The Morgan fingerprint density at radius 3 is 2.76 bits per heavy atom. The van der Waals surface area contributed by atoms with Gasteiger partial charge in [0.1, 0.15) is 11.4 Å². The molecule has 0 radical (unpaired) electrons. The van der Waals surface area contributed by atoms with Crippen LogP contribution in [0.4, 0.5) is 0 Å². The minimum Gasteiger partial charge on any atom is -0.381 e. The van der Waals surface area contributed by atoms with Crippen LogP contribution in [0.25, 0.3) is 0 Å². The highest BCUT2D eigenvalue weighted by Gasteiger charge is 2.59. The molecule has 0 saturated heterocycles. The molecule has 4 aliphatic carbocycles. The van der Waals surface area contributed by atoms with Crippen LogP contribution in [0.15, 0.2) is 23.8 Å². The fourth-order valence-electron chi connectivity index (χ4n) is 5.62. The summed E-state index contributed by atoms with van der Waals surface area (Å²) in [5, 5.41) is 11.2. The van der Waals surface area contributed by atoms with Gasteiger partial charge in [0, 0.05) is 11.8 Å². The number of carbonyl (C=O) groups excluding carboxylic acids is 2. The summed E-state index contributed by atoms with van der Waals surface area (Å²) in [5.74, 6) is 1.42. The Hall–Kier alpha value is -1.22. The fourth-order valence-corrected chi connectivity index (χ4v) is 5.62. The summed E-state index contributed by atoms with van der Waals surface area (Å²) in [6.45, 7) is 2.14. The van der Waals surface area contributed by atoms with Gasteiger partial charge in [-0.1, -0.05) is 6.92 Å². The van der Waals surface area contributed by atoms with Gasteiger partial charge < -0.3 is 5.11 Å². The maximum absolute atomic E-state index is 12.3. The Kier molecular flexibility index (Phi) is 2.66. The Morgan fingerprint density at radius 2 is 1.95 bits per heavy atom. The highest BCUT2D eigenvalue weighted by Crippen LogP contribution is 2.60. The fraction of sp³-hybridized carbons (Fsp3) is 0.667. The lowest BCUT2D eigenvalue weighted by Gasteiger charge is -2.54. The number of allylic oxidation sites excluding steroid dienone is 2. The molecule has 0 bridgehead atoms. The molecule has 0 spiro atoms. The second-order valence-electron chi connectivity index (χ2n) is 7.56. The SMILES string of the molecule is C[C@]12CC[C@@H]3[C@@H](CCC4=CC(=O)C=C[C@@]43O)[C@H]1CCC2=O. The minimum absolute atomic E-state index is 0.00943. The van der Waals surface area contributed by atoms with Gasteiger partial charge in [-0.3, -0.25) is 9.59 Å². The van der Waals surface area contributed by atoms with E-state index in [1.165, 1.54) is 6.08 Å². The van der Waals surface area contributed by atoms with Gasteiger partial charge in [-0.2, -0.15) is 0 Å². The quantitative estimate of drug-likeness (QED) is 0.744. The molecule has 0 aromatic rings. The van der Waals surface area contributed by atoms with Crippen LogP contribution in [0.5, 0.6) is 0 Å². The zero-order valence-electron chi connectivity index (χ0n) is 12.5. The van der Waals surface area contributed by atoms with E-state index in [9.17, 15) is 14.7 Å². The third-order valence-electron chi connectivity index (χ3n) is 6.79. The highest BCUT2D eigenvalue weighted by molar-refractivity contribution is 6.01.